The molecule has 194 valence electrons. The van der Waals surface area contributed by atoms with E-state index in [-0.39, 0.29) is 24.7 Å². The Morgan fingerprint density at radius 2 is 1.68 bits per heavy atom. The van der Waals surface area contributed by atoms with Crippen LogP contribution in [-0.2, 0) is 23.8 Å². The zero-order valence-electron chi connectivity index (χ0n) is 19.9. The van der Waals surface area contributed by atoms with E-state index >= 15 is 0 Å². The molecule has 4 aromatic rings. The lowest BCUT2D eigenvalue weighted by atomic mass is 10.2. The number of benzene rings is 1. The molecule has 0 aliphatic heterocycles. The van der Waals surface area contributed by atoms with E-state index in [0.29, 0.717) is 30.9 Å². The first-order valence-electron chi connectivity index (χ1n) is 11.5. The number of ether oxygens (including phenoxy) is 2. The molecule has 1 aromatic carbocycles. The van der Waals surface area contributed by atoms with Crippen LogP contribution in [0.15, 0.2) is 61.1 Å². The van der Waals surface area contributed by atoms with Gasteiger partial charge in [-0.15, -0.1) is 10.2 Å². The molecule has 12 heteroatoms. The maximum atomic E-state index is 12.8. The van der Waals surface area contributed by atoms with Crippen LogP contribution in [0.4, 0.5) is 13.2 Å². The number of carbonyl (C=O) groups is 1. The smallest absolute Gasteiger partial charge is 0.417 e. The van der Waals surface area contributed by atoms with Gasteiger partial charge in [-0.05, 0) is 44.0 Å². The third kappa shape index (κ3) is 6.46. The zero-order chi connectivity index (χ0) is 26.4. The largest absolute Gasteiger partial charge is 0.481 e. The van der Waals surface area contributed by atoms with E-state index in [0.717, 1.165) is 23.5 Å². The van der Waals surface area contributed by atoms with Gasteiger partial charge < -0.3 is 14.6 Å². The van der Waals surface area contributed by atoms with Gasteiger partial charge in [0.25, 0.3) is 0 Å². The van der Waals surface area contributed by atoms with Gasteiger partial charge in [0.15, 0.2) is 5.82 Å². The van der Waals surface area contributed by atoms with Gasteiger partial charge in [0, 0.05) is 29.7 Å². The lowest BCUT2D eigenvalue weighted by molar-refractivity contribution is -0.138. The van der Waals surface area contributed by atoms with Crippen LogP contribution >= 0.6 is 0 Å². The number of aliphatic carboxylic acids is 1. The van der Waals surface area contributed by atoms with Crippen LogP contribution in [0.1, 0.15) is 30.0 Å². The van der Waals surface area contributed by atoms with Gasteiger partial charge in [-0.3, -0.25) is 4.79 Å². The average Bonchev–Trinajstić information content (AvgIpc) is 3.46. The van der Waals surface area contributed by atoms with Gasteiger partial charge in [-0.1, -0.05) is 18.2 Å². The number of nitrogens with zero attached hydrogens (tertiary/aromatic N) is 5. The molecule has 9 nitrogen and oxygen atoms in total. The fourth-order valence-corrected chi connectivity index (χ4v) is 3.57. The van der Waals surface area contributed by atoms with E-state index in [9.17, 15) is 23.1 Å². The maximum Gasteiger partial charge on any atom is 0.417 e. The standard InChI is InChI=1S/C25H24F3N5O4/c1-2-36-23-17(15-33(31-23)21-11-10-19(14-29-21)25(26,27)28)7-6-12-37-24-18(13-22(34)35)16-32(30-24)20-8-4-3-5-9-20/h3-5,8-11,14-16H,2,6-7,12-13H2,1H3,(H,34,35). The first kappa shape index (κ1) is 25.7. The number of hydrogen-bond acceptors (Lipinski definition) is 6. The van der Waals surface area contributed by atoms with Crippen molar-refractivity contribution >= 4 is 5.97 Å². The normalized spacial score (nSPS) is 11.5. The van der Waals surface area contributed by atoms with Gasteiger partial charge in [0.1, 0.15) is 0 Å². The molecule has 37 heavy (non-hydrogen) atoms. The maximum absolute atomic E-state index is 12.8. The summed E-state index contributed by atoms with van der Waals surface area (Å²) in [6, 6.07) is 11.5. The molecule has 0 unspecified atom stereocenters. The molecule has 0 saturated heterocycles. The minimum Gasteiger partial charge on any atom is -0.481 e. The summed E-state index contributed by atoms with van der Waals surface area (Å²) in [5.41, 5.74) is 1.11. The summed E-state index contributed by atoms with van der Waals surface area (Å²) in [6.07, 6.45) is 0.352. The van der Waals surface area contributed by atoms with E-state index < -0.39 is 17.7 Å². The lowest BCUT2D eigenvalue weighted by Gasteiger charge is -2.06. The quantitative estimate of drug-likeness (QED) is 0.293. The van der Waals surface area contributed by atoms with Crippen molar-refractivity contribution in [2.24, 2.45) is 0 Å². The predicted molar refractivity (Wildman–Crippen MR) is 126 cm³/mol. The highest BCUT2D eigenvalue weighted by Gasteiger charge is 2.30. The van der Waals surface area contributed by atoms with Gasteiger partial charge in [-0.2, -0.15) is 13.2 Å². The minimum atomic E-state index is -4.47. The van der Waals surface area contributed by atoms with Crippen molar-refractivity contribution in [3.05, 3.63) is 77.7 Å². The Labute approximate surface area is 210 Å². The Kier molecular flexibility index (Phi) is 7.75. The van der Waals surface area contributed by atoms with Crippen molar-refractivity contribution in [3.63, 3.8) is 0 Å². The summed E-state index contributed by atoms with van der Waals surface area (Å²) in [4.78, 5) is 15.2. The summed E-state index contributed by atoms with van der Waals surface area (Å²) in [5.74, 6) is -0.186. The molecule has 3 aromatic heterocycles. The Balaban J connectivity index is 1.43. The summed E-state index contributed by atoms with van der Waals surface area (Å²) in [6.45, 7) is 2.40. The first-order valence-corrected chi connectivity index (χ1v) is 11.5. The summed E-state index contributed by atoms with van der Waals surface area (Å²) >= 11 is 0. The molecule has 0 saturated carbocycles. The Morgan fingerprint density at radius 3 is 2.32 bits per heavy atom. The average molecular weight is 515 g/mol. The second-order valence-corrected chi connectivity index (χ2v) is 8.00. The monoisotopic (exact) mass is 515 g/mol. The summed E-state index contributed by atoms with van der Waals surface area (Å²) < 4.78 is 52.8. The van der Waals surface area contributed by atoms with Crippen LogP contribution in [0.3, 0.4) is 0 Å². The van der Waals surface area contributed by atoms with Crippen molar-refractivity contribution in [3.8, 4) is 23.3 Å². The molecule has 0 fully saturated rings. The fraction of sp³-hybridized carbons (Fsp3) is 0.280. The summed E-state index contributed by atoms with van der Waals surface area (Å²) in [7, 11) is 0. The van der Waals surface area contributed by atoms with Gasteiger partial charge in [-0.25, -0.2) is 14.3 Å². The third-order valence-electron chi connectivity index (χ3n) is 5.29. The van der Waals surface area contributed by atoms with E-state index in [1.54, 1.807) is 24.0 Å². The highest BCUT2D eigenvalue weighted by molar-refractivity contribution is 5.71. The molecule has 0 amide bonds. The topological polar surface area (TPSA) is 104 Å². The molecule has 0 spiro atoms. The van der Waals surface area contributed by atoms with Crippen molar-refractivity contribution in [1.29, 1.82) is 0 Å². The Morgan fingerprint density at radius 1 is 0.973 bits per heavy atom. The lowest BCUT2D eigenvalue weighted by Crippen LogP contribution is -2.07. The van der Waals surface area contributed by atoms with Crippen LogP contribution in [0.5, 0.6) is 11.8 Å². The number of halogens is 3. The fourth-order valence-electron chi connectivity index (χ4n) is 3.57. The first-order chi connectivity index (χ1) is 17.7. The minimum absolute atomic E-state index is 0.223. The number of aryl methyl sites for hydroxylation is 1. The Bertz CT molecular complexity index is 1330. The molecule has 0 bridgehead atoms. The van der Waals surface area contributed by atoms with Gasteiger partial charge in [0.05, 0.1) is 30.9 Å². The number of rotatable bonds is 11. The number of pyridine rings is 1. The van der Waals surface area contributed by atoms with Crippen LogP contribution in [0.2, 0.25) is 0 Å². The van der Waals surface area contributed by atoms with Crippen molar-refractivity contribution in [2.45, 2.75) is 32.4 Å². The van der Waals surface area contributed by atoms with E-state index in [4.69, 9.17) is 9.47 Å². The molecular weight excluding hydrogens is 491 g/mol. The molecule has 4 rings (SSSR count). The second kappa shape index (κ2) is 11.1. The second-order valence-electron chi connectivity index (χ2n) is 8.00. The molecule has 0 aliphatic rings. The van der Waals surface area contributed by atoms with E-state index in [1.807, 2.05) is 30.3 Å². The van der Waals surface area contributed by atoms with Gasteiger partial charge in [0.2, 0.25) is 11.8 Å². The van der Waals surface area contributed by atoms with E-state index in [1.165, 1.54) is 10.7 Å². The molecule has 0 atom stereocenters. The molecule has 0 radical (unpaired) electrons. The van der Waals surface area contributed by atoms with Gasteiger partial charge >= 0.3 is 12.1 Å². The highest BCUT2D eigenvalue weighted by Crippen LogP contribution is 2.29. The van der Waals surface area contributed by atoms with E-state index in [2.05, 4.69) is 15.2 Å². The van der Waals surface area contributed by atoms with Crippen LogP contribution in [-0.4, -0.2) is 48.8 Å². The van der Waals surface area contributed by atoms with Crippen LogP contribution in [0.25, 0.3) is 11.5 Å². The van der Waals surface area contributed by atoms with Crippen LogP contribution in [0, 0.1) is 0 Å². The molecule has 3 heterocycles. The van der Waals surface area contributed by atoms with Crippen molar-refractivity contribution in [1.82, 2.24) is 24.5 Å². The van der Waals surface area contributed by atoms with Crippen LogP contribution < -0.4 is 9.47 Å². The van der Waals surface area contributed by atoms with Crippen molar-refractivity contribution < 1.29 is 32.5 Å². The number of carboxylic acid groups (broad SMARTS) is 1. The number of aromatic nitrogens is 5. The van der Waals surface area contributed by atoms with Crippen molar-refractivity contribution in [2.75, 3.05) is 13.2 Å². The number of alkyl halides is 3. The molecular formula is C25H24F3N5O4. The Hall–Kier alpha value is -4.35. The third-order valence-corrected chi connectivity index (χ3v) is 5.29. The SMILES string of the molecule is CCOc1nn(-c2ccc(C(F)(F)F)cn2)cc1CCCOc1nn(-c2ccccc2)cc1CC(=O)O. The number of para-hydroxylation sites is 1. The number of hydrogen-bond donors (Lipinski definition) is 1. The zero-order valence-corrected chi connectivity index (χ0v) is 19.9. The predicted octanol–water partition coefficient (Wildman–Crippen LogP) is 4.51. The highest BCUT2D eigenvalue weighted by atomic mass is 19.4. The molecule has 0 aliphatic carbocycles. The number of carboxylic acids is 1. The summed E-state index contributed by atoms with van der Waals surface area (Å²) in [5, 5.41) is 18.0. The molecule has 1 N–H and O–H groups in total.